The Balaban J connectivity index is 2.11. The van der Waals surface area contributed by atoms with E-state index in [1.165, 1.54) is 5.56 Å². The standard InChI is InChI=1S/C12H11BrN4/c13-11-9-7-15-5-3-10(9)16-12(17-11)8-2-1-4-14-6-8/h1-2,4,6,15H,3,5,7H2. The average Bonchev–Trinajstić information content (AvgIpc) is 2.40. The van der Waals surface area contributed by atoms with Crippen molar-refractivity contribution in [3.8, 4) is 11.4 Å². The van der Waals surface area contributed by atoms with Gasteiger partial charge in [0.25, 0.3) is 0 Å². The van der Waals surface area contributed by atoms with Gasteiger partial charge in [0, 0.05) is 43.0 Å². The molecule has 4 nitrogen and oxygen atoms in total. The van der Waals surface area contributed by atoms with Crippen LogP contribution in [-0.4, -0.2) is 21.5 Å². The second kappa shape index (κ2) is 4.50. The molecule has 0 spiro atoms. The van der Waals surface area contributed by atoms with Crippen LogP contribution in [0.25, 0.3) is 11.4 Å². The third-order valence-electron chi connectivity index (χ3n) is 2.80. The maximum Gasteiger partial charge on any atom is 0.162 e. The van der Waals surface area contributed by atoms with Gasteiger partial charge in [0.2, 0.25) is 0 Å². The summed E-state index contributed by atoms with van der Waals surface area (Å²) in [6.07, 6.45) is 4.49. The van der Waals surface area contributed by atoms with E-state index in [4.69, 9.17) is 0 Å². The number of halogens is 1. The molecule has 0 aromatic carbocycles. The first-order valence-electron chi connectivity index (χ1n) is 5.51. The quantitative estimate of drug-likeness (QED) is 0.816. The summed E-state index contributed by atoms with van der Waals surface area (Å²) in [5.41, 5.74) is 3.25. The lowest BCUT2D eigenvalue weighted by Crippen LogP contribution is -2.25. The van der Waals surface area contributed by atoms with Crippen molar-refractivity contribution in [3.63, 3.8) is 0 Å². The lowest BCUT2D eigenvalue weighted by molar-refractivity contribution is 0.623. The van der Waals surface area contributed by atoms with Crippen molar-refractivity contribution in [2.24, 2.45) is 0 Å². The van der Waals surface area contributed by atoms with Crippen molar-refractivity contribution < 1.29 is 0 Å². The fraction of sp³-hybridized carbons (Fsp3) is 0.250. The Hall–Kier alpha value is -1.33. The molecule has 2 aromatic rings. The van der Waals surface area contributed by atoms with Crippen LogP contribution >= 0.6 is 15.9 Å². The maximum atomic E-state index is 4.62. The van der Waals surface area contributed by atoms with Gasteiger partial charge in [-0.15, -0.1) is 0 Å². The molecule has 0 saturated heterocycles. The van der Waals surface area contributed by atoms with Crippen molar-refractivity contribution in [3.05, 3.63) is 40.4 Å². The number of hydrogen-bond donors (Lipinski definition) is 1. The van der Waals surface area contributed by atoms with Gasteiger partial charge in [-0.1, -0.05) is 0 Å². The summed E-state index contributed by atoms with van der Waals surface area (Å²) in [6.45, 7) is 1.81. The van der Waals surface area contributed by atoms with E-state index in [1.807, 2.05) is 12.1 Å². The molecule has 86 valence electrons. The first-order chi connectivity index (χ1) is 8.34. The van der Waals surface area contributed by atoms with Crippen molar-refractivity contribution in [1.29, 1.82) is 0 Å². The van der Waals surface area contributed by atoms with Gasteiger partial charge in [-0.3, -0.25) is 4.98 Å². The van der Waals surface area contributed by atoms with Crippen molar-refractivity contribution in [2.75, 3.05) is 6.54 Å². The molecule has 1 aliphatic heterocycles. The highest BCUT2D eigenvalue weighted by Crippen LogP contribution is 2.24. The lowest BCUT2D eigenvalue weighted by atomic mass is 10.1. The van der Waals surface area contributed by atoms with E-state index in [0.717, 1.165) is 41.2 Å². The van der Waals surface area contributed by atoms with E-state index in [1.54, 1.807) is 12.4 Å². The molecule has 0 radical (unpaired) electrons. The molecule has 2 aromatic heterocycles. The van der Waals surface area contributed by atoms with Gasteiger partial charge in [-0.2, -0.15) is 0 Å². The van der Waals surface area contributed by atoms with E-state index in [0.29, 0.717) is 0 Å². The smallest absolute Gasteiger partial charge is 0.162 e. The predicted octanol–water partition coefficient (Wildman–Crippen LogP) is 1.95. The minimum atomic E-state index is 0.741. The third kappa shape index (κ3) is 2.08. The maximum absolute atomic E-state index is 4.62. The van der Waals surface area contributed by atoms with E-state index >= 15 is 0 Å². The largest absolute Gasteiger partial charge is 0.312 e. The number of pyridine rings is 1. The Labute approximate surface area is 108 Å². The number of aromatic nitrogens is 3. The number of fused-ring (bicyclic) bond motifs is 1. The molecule has 0 saturated carbocycles. The predicted molar refractivity (Wildman–Crippen MR) is 68.4 cm³/mol. The molecule has 0 fully saturated rings. The number of nitrogens with one attached hydrogen (secondary N) is 1. The normalized spacial score (nSPS) is 14.4. The first kappa shape index (κ1) is 10.8. The molecule has 3 heterocycles. The highest BCUT2D eigenvalue weighted by atomic mass is 79.9. The molecular formula is C12H11BrN4. The zero-order valence-electron chi connectivity index (χ0n) is 9.15. The lowest BCUT2D eigenvalue weighted by Gasteiger charge is -2.17. The van der Waals surface area contributed by atoms with Crippen LogP contribution in [0.5, 0.6) is 0 Å². The zero-order valence-corrected chi connectivity index (χ0v) is 10.7. The second-order valence-corrected chi connectivity index (χ2v) is 4.68. The summed E-state index contributed by atoms with van der Waals surface area (Å²) in [6, 6.07) is 3.87. The molecule has 0 aliphatic carbocycles. The highest BCUT2D eigenvalue weighted by Gasteiger charge is 2.16. The zero-order chi connectivity index (χ0) is 11.7. The number of hydrogen-bond acceptors (Lipinski definition) is 4. The molecule has 1 aliphatic rings. The first-order valence-corrected chi connectivity index (χ1v) is 6.30. The summed E-state index contributed by atoms with van der Waals surface area (Å²) in [5.74, 6) is 0.741. The molecule has 1 N–H and O–H groups in total. The summed E-state index contributed by atoms with van der Waals surface area (Å²) in [4.78, 5) is 13.2. The third-order valence-corrected chi connectivity index (χ3v) is 3.46. The summed E-state index contributed by atoms with van der Waals surface area (Å²) < 4.78 is 0.883. The van der Waals surface area contributed by atoms with Crippen LogP contribution in [0.3, 0.4) is 0 Å². The Kier molecular flexibility index (Phi) is 2.86. The summed E-state index contributed by atoms with van der Waals surface area (Å²) in [5, 5.41) is 3.32. The molecule has 3 rings (SSSR count). The van der Waals surface area contributed by atoms with Crippen LogP contribution in [0.15, 0.2) is 29.1 Å². The van der Waals surface area contributed by atoms with Gasteiger partial charge in [-0.25, -0.2) is 9.97 Å². The number of rotatable bonds is 1. The van der Waals surface area contributed by atoms with Crippen LogP contribution in [0.2, 0.25) is 0 Å². The van der Waals surface area contributed by atoms with E-state index < -0.39 is 0 Å². The van der Waals surface area contributed by atoms with E-state index in [2.05, 4.69) is 36.2 Å². The number of nitrogens with zero attached hydrogens (tertiary/aromatic N) is 3. The molecule has 17 heavy (non-hydrogen) atoms. The van der Waals surface area contributed by atoms with E-state index in [-0.39, 0.29) is 0 Å². The van der Waals surface area contributed by atoms with Crippen LogP contribution < -0.4 is 5.32 Å². The van der Waals surface area contributed by atoms with Crippen molar-refractivity contribution in [2.45, 2.75) is 13.0 Å². The summed E-state index contributed by atoms with van der Waals surface area (Å²) >= 11 is 3.52. The average molecular weight is 291 g/mol. The Morgan fingerprint density at radius 2 is 2.24 bits per heavy atom. The highest BCUT2D eigenvalue weighted by molar-refractivity contribution is 9.10. The Bertz CT molecular complexity index is 542. The fourth-order valence-electron chi connectivity index (χ4n) is 1.93. The van der Waals surface area contributed by atoms with Gasteiger partial charge < -0.3 is 5.32 Å². The van der Waals surface area contributed by atoms with Gasteiger partial charge in [0.05, 0.1) is 5.69 Å². The molecule has 0 atom stereocenters. The van der Waals surface area contributed by atoms with Gasteiger partial charge >= 0.3 is 0 Å². The van der Waals surface area contributed by atoms with Gasteiger partial charge in [0.15, 0.2) is 5.82 Å². The topological polar surface area (TPSA) is 50.7 Å². The molecule has 0 amide bonds. The minimum absolute atomic E-state index is 0.741. The Morgan fingerprint density at radius 3 is 3.06 bits per heavy atom. The van der Waals surface area contributed by atoms with E-state index in [9.17, 15) is 0 Å². The van der Waals surface area contributed by atoms with Crippen LogP contribution in [-0.2, 0) is 13.0 Å². The summed E-state index contributed by atoms with van der Waals surface area (Å²) in [7, 11) is 0. The Morgan fingerprint density at radius 1 is 1.29 bits per heavy atom. The van der Waals surface area contributed by atoms with Crippen LogP contribution in [0.4, 0.5) is 0 Å². The molecule has 5 heteroatoms. The SMILES string of the molecule is Brc1nc(-c2cccnc2)nc2c1CNCC2. The second-order valence-electron chi connectivity index (χ2n) is 3.93. The van der Waals surface area contributed by atoms with Crippen LogP contribution in [0.1, 0.15) is 11.3 Å². The fourth-order valence-corrected chi connectivity index (χ4v) is 2.46. The molecule has 0 bridgehead atoms. The van der Waals surface area contributed by atoms with Crippen LogP contribution in [0, 0.1) is 0 Å². The van der Waals surface area contributed by atoms with Crippen molar-refractivity contribution >= 4 is 15.9 Å². The molecular weight excluding hydrogens is 280 g/mol. The van der Waals surface area contributed by atoms with Crippen molar-refractivity contribution in [1.82, 2.24) is 20.3 Å². The molecule has 0 unspecified atom stereocenters. The monoisotopic (exact) mass is 290 g/mol. The van der Waals surface area contributed by atoms with Gasteiger partial charge in [0.1, 0.15) is 4.60 Å². The minimum Gasteiger partial charge on any atom is -0.312 e. The van der Waals surface area contributed by atoms with Gasteiger partial charge in [-0.05, 0) is 28.1 Å².